The van der Waals surface area contributed by atoms with Gasteiger partial charge in [-0.25, -0.2) is 4.98 Å². The van der Waals surface area contributed by atoms with E-state index >= 15 is 0 Å². The number of carbonyl (C=O) groups is 1. The second kappa shape index (κ2) is 8.57. The van der Waals surface area contributed by atoms with Gasteiger partial charge in [0.25, 0.3) is 5.91 Å². The molecule has 0 aliphatic carbocycles. The van der Waals surface area contributed by atoms with Gasteiger partial charge in [0.15, 0.2) is 5.11 Å². The maximum atomic E-state index is 12.1. The fourth-order valence-corrected chi connectivity index (χ4v) is 2.50. The minimum atomic E-state index is -0.356. The summed E-state index contributed by atoms with van der Waals surface area (Å²) in [5, 5.41) is 11.9. The van der Waals surface area contributed by atoms with Crippen LogP contribution in [0.5, 0.6) is 0 Å². The number of benzene rings is 2. The van der Waals surface area contributed by atoms with E-state index in [-0.39, 0.29) is 28.3 Å². The number of hydrogen-bond donors (Lipinski definition) is 4. The molecule has 9 heteroatoms. The summed E-state index contributed by atoms with van der Waals surface area (Å²) in [7, 11) is 0. The summed E-state index contributed by atoms with van der Waals surface area (Å²) < 4.78 is 0. The van der Waals surface area contributed by atoms with Gasteiger partial charge in [0.2, 0.25) is 5.95 Å². The van der Waals surface area contributed by atoms with Crippen LogP contribution in [0.3, 0.4) is 0 Å². The van der Waals surface area contributed by atoms with Gasteiger partial charge in [0.1, 0.15) is 17.5 Å². The zero-order valence-corrected chi connectivity index (χ0v) is 15.3. The molecule has 0 radical (unpaired) electrons. The molecule has 0 saturated carbocycles. The van der Waals surface area contributed by atoms with E-state index in [2.05, 4.69) is 26.1 Å². The number of amides is 1. The number of nitrogens with one attached hydrogen (secondary N) is 3. The van der Waals surface area contributed by atoms with Crippen molar-refractivity contribution in [1.82, 2.24) is 20.7 Å². The Kier molecular flexibility index (Phi) is 5.74. The third-order valence-corrected chi connectivity index (χ3v) is 3.85. The zero-order chi connectivity index (χ0) is 19.9. The normalized spacial score (nSPS) is 9.82. The Morgan fingerprint density at radius 1 is 1.04 bits per heavy atom. The number of hydrazine groups is 1. The lowest BCUT2D eigenvalue weighted by molar-refractivity contribution is 0.0977. The summed E-state index contributed by atoms with van der Waals surface area (Å²) in [5.74, 6) is -0.225. The van der Waals surface area contributed by atoms with Crippen LogP contribution in [0.15, 0.2) is 60.7 Å². The molecule has 8 nitrogen and oxygen atoms in total. The van der Waals surface area contributed by atoms with Gasteiger partial charge in [0, 0.05) is 11.1 Å². The Morgan fingerprint density at radius 2 is 1.68 bits per heavy atom. The van der Waals surface area contributed by atoms with Crippen LogP contribution in [0, 0.1) is 11.3 Å². The summed E-state index contributed by atoms with van der Waals surface area (Å²) in [6.45, 7) is 0. The SMILES string of the molecule is N#Cc1c(N)nc(NNC(=S)NC(=O)c2ccccc2)nc1-c1ccccc1. The van der Waals surface area contributed by atoms with Crippen molar-refractivity contribution in [3.05, 3.63) is 71.8 Å². The fraction of sp³-hybridized carbons (Fsp3) is 0. The number of nitrogens with two attached hydrogens (primary N) is 1. The van der Waals surface area contributed by atoms with E-state index in [1.54, 1.807) is 24.3 Å². The summed E-state index contributed by atoms with van der Waals surface area (Å²) in [6.07, 6.45) is 0. The summed E-state index contributed by atoms with van der Waals surface area (Å²) >= 11 is 5.09. The van der Waals surface area contributed by atoms with Gasteiger partial charge in [-0.2, -0.15) is 10.2 Å². The van der Waals surface area contributed by atoms with Crippen LogP contribution < -0.4 is 21.9 Å². The molecule has 0 aliphatic heterocycles. The highest BCUT2D eigenvalue weighted by atomic mass is 32.1. The third-order valence-electron chi connectivity index (χ3n) is 3.65. The highest BCUT2D eigenvalue weighted by Gasteiger charge is 2.14. The molecule has 138 valence electrons. The van der Waals surface area contributed by atoms with E-state index in [9.17, 15) is 10.1 Å². The first-order valence-corrected chi connectivity index (χ1v) is 8.54. The van der Waals surface area contributed by atoms with Gasteiger partial charge in [-0.1, -0.05) is 48.5 Å². The van der Waals surface area contributed by atoms with E-state index in [1.165, 1.54) is 0 Å². The number of carbonyl (C=O) groups excluding carboxylic acids is 1. The summed E-state index contributed by atoms with van der Waals surface area (Å²) in [6, 6.07) is 19.8. The van der Waals surface area contributed by atoms with E-state index in [0.29, 0.717) is 11.3 Å². The van der Waals surface area contributed by atoms with Crippen molar-refractivity contribution in [2.24, 2.45) is 0 Å². The minimum absolute atomic E-state index is 0.0277. The Hall–Kier alpha value is -4.03. The van der Waals surface area contributed by atoms with Crippen molar-refractivity contribution in [2.45, 2.75) is 0 Å². The Bertz CT molecular complexity index is 1050. The van der Waals surface area contributed by atoms with Crippen molar-refractivity contribution in [3.63, 3.8) is 0 Å². The first-order chi connectivity index (χ1) is 13.6. The number of nitriles is 1. The van der Waals surface area contributed by atoms with Gasteiger partial charge in [-0.3, -0.25) is 21.0 Å². The molecule has 1 amide bonds. The van der Waals surface area contributed by atoms with Crippen LogP contribution in [0.1, 0.15) is 15.9 Å². The second-order valence-corrected chi connectivity index (χ2v) is 5.94. The number of anilines is 2. The van der Waals surface area contributed by atoms with E-state index < -0.39 is 0 Å². The topological polar surface area (TPSA) is 129 Å². The molecule has 0 atom stereocenters. The largest absolute Gasteiger partial charge is 0.382 e. The quantitative estimate of drug-likeness (QED) is 0.395. The van der Waals surface area contributed by atoms with E-state index in [0.717, 1.165) is 5.56 Å². The van der Waals surface area contributed by atoms with Crippen molar-refractivity contribution in [1.29, 1.82) is 5.26 Å². The average Bonchev–Trinajstić information content (AvgIpc) is 2.73. The predicted octanol–water partition coefficient (Wildman–Crippen LogP) is 2.23. The number of hydrogen-bond acceptors (Lipinski definition) is 7. The van der Waals surface area contributed by atoms with Crippen molar-refractivity contribution in [2.75, 3.05) is 11.2 Å². The molecular formula is C19H15N7OS. The van der Waals surface area contributed by atoms with Crippen LogP contribution in [0.4, 0.5) is 11.8 Å². The van der Waals surface area contributed by atoms with Gasteiger partial charge in [-0.05, 0) is 24.4 Å². The molecule has 0 fully saturated rings. The monoisotopic (exact) mass is 389 g/mol. The van der Waals surface area contributed by atoms with Gasteiger partial charge in [-0.15, -0.1) is 0 Å². The number of rotatable bonds is 4. The van der Waals surface area contributed by atoms with Gasteiger partial charge < -0.3 is 5.73 Å². The maximum Gasteiger partial charge on any atom is 0.257 e. The first-order valence-electron chi connectivity index (χ1n) is 8.14. The molecule has 3 aromatic rings. The Balaban J connectivity index is 1.73. The van der Waals surface area contributed by atoms with E-state index in [4.69, 9.17) is 18.0 Å². The zero-order valence-electron chi connectivity index (χ0n) is 14.5. The average molecular weight is 389 g/mol. The molecule has 1 heterocycles. The standard InChI is InChI=1S/C19H15N7OS/c20-11-14-15(12-7-3-1-4-8-12)22-18(23-16(14)21)25-26-19(28)24-17(27)13-9-5-2-6-10-13/h1-10H,(H3,21,22,23,25)(H2,24,26,27,28). The summed E-state index contributed by atoms with van der Waals surface area (Å²) in [4.78, 5) is 20.5. The highest BCUT2D eigenvalue weighted by molar-refractivity contribution is 7.80. The lowest BCUT2D eigenvalue weighted by atomic mass is 10.1. The van der Waals surface area contributed by atoms with Crippen LogP contribution >= 0.6 is 12.2 Å². The lowest BCUT2D eigenvalue weighted by Crippen LogP contribution is -2.42. The molecule has 0 saturated heterocycles. The molecule has 28 heavy (non-hydrogen) atoms. The lowest BCUT2D eigenvalue weighted by Gasteiger charge is -2.13. The predicted molar refractivity (Wildman–Crippen MR) is 110 cm³/mol. The third kappa shape index (κ3) is 4.38. The molecule has 3 rings (SSSR count). The molecule has 0 spiro atoms. The van der Waals surface area contributed by atoms with Gasteiger partial charge >= 0.3 is 0 Å². The molecule has 0 aliphatic rings. The molecule has 0 bridgehead atoms. The number of aromatic nitrogens is 2. The first kappa shape index (κ1) is 18.8. The number of nitrogen functional groups attached to an aromatic ring is 1. The van der Waals surface area contributed by atoms with Crippen LogP contribution in [-0.4, -0.2) is 21.0 Å². The molecule has 5 N–H and O–H groups in total. The minimum Gasteiger partial charge on any atom is -0.382 e. The number of thiocarbonyl (C=S) groups is 1. The fourth-order valence-electron chi connectivity index (χ4n) is 2.36. The van der Waals surface area contributed by atoms with Crippen LogP contribution in [0.25, 0.3) is 11.3 Å². The molecule has 2 aromatic carbocycles. The highest BCUT2D eigenvalue weighted by Crippen LogP contribution is 2.25. The van der Waals surface area contributed by atoms with Crippen LogP contribution in [-0.2, 0) is 0 Å². The number of nitrogens with zero attached hydrogens (tertiary/aromatic N) is 3. The molecule has 1 aromatic heterocycles. The molecular weight excluding hydrogens is 374 g/mol. The van der Waals surface area contributed by atoms with Crippen molar-refractivity contribution in [3.8, 4) is 17.3 Å². The van der Waals surface area contributed by atoms with Crippen LogP contribution in [0.2, 0.25) is 0 Å². The smallest absolute Gasteiger partial charge is 0.257 e. The van der Waals surface area contributed by atoms with Crippen molar-refractivity contribution < 1.29 is 4.79 Å². The Labute approximate surface area is 166 Å². The summed E-state index contributed by atoms with van der Waals surface area (Å²) in [5.41, 5.74) is 13.0. The maximum absolute atomic E-state index is 12.1. The Morgan fingerprint density at radius 3 is 2.32 bits per heavy atom. The molecule has 0 unspecified atom stereocenters. The van der Waals surface area contributed by atoms with E-state index in [1.807, 2.05) is 42.5 Å². The van der Waals surface area contributed by atoms with Crippen molar-refractivity contribution >= 4 is 35.0 Å². The van der Waals surface area contributed by atoms with Gasteiger partial charge in [0.05, 0.1) is 5.69 Å². The second-order valence-electron chi connectivity index (χ2n) is 5.53.